The third-order valence-electron chi connectivity index (χ3n) is 3.05. The molecule has 1 amide bonds. The van der Waals surface area contributed by atoms with Crippen LogP contribution in [0.15, 0.2) is 59.8 Å². The molecule has 1 heterocycles. The molecule has 0 atom stereocenters. The fraction of sp³-hybridized carbons (Fsp3) is 0.0625. The van der Waals surface area contributed by atoms with Crippen molar-refractivity contribution in [2.24, 2.45) is 0 Å². The summed E-state index contributed by atoms with van der Waals surface area (Å²) in [5.74, 6) is 0.0264. The lowest BCUT2D eigenvalue weighted by atomic mass is 10.3. The van der Waals surface area contributed by atoms with E-state index in [4.69, 9.17) is 12.2 Å². The van der Waals surface area contributed by atoms with Crippen molar-refractivity contribution in [1.29, 1.82) is 0 Å². The van der Waals surface area contributed by atoms with Crippen molar-refractivity contribution in [3.63, 3.8) is 0 Å². The van der Waals surface area contributed by atoms with Crippen LogP contribution in [0.4, 0.5) is 5.69 Å². The number of benzene rings is 2. The van der Waals surface area contributed by atoms with E-state index in [2.05, 4.69) is 26.1 Å². The molecule has 6 nitrogen and oxygen atoms in total. The number of amides is 1. The van der Waals surface area contributed by atoms with Crippen molar-refractivity contribution >= 4 is 51.7 Å². The van der Waals surface area contributed by atoms with Gasteiger partial charge in [-0.25, -0.2) is 4.98 Å². The molecule has 0 fully saturated rings. The minimum atomic E-state index is -0.197. The molecule has 4 N–H and O–H groups in total. The second kappa shape index (κ2) is 7.80. The number of hydrazine groups is 1. The highest BCUT2D eigenvalue weighted by atomic mass is 32.2. The van der Waals surface area contributed by atoms with Crippen LogP contribution in [0.3, 0.4) is 0 Å². The Hall–Kier alpha value is -2.58. The number of thioether (sulfide) groups is 1. The van der Waals surface area contributed by atoms with Crippen LogP contribution in [0.1, 0.15) is 0 Å². The lowest BCUT2D eigenvalue weighted by Crippen LogP contribution is -2.44. The van der Waals surface area contributed by atoms with Gasteiger partial charge in [0.2, 0.25) is 5.91 Å². The molecule has 0 radical (unpaired) electrons. The standard InChI is InChI=1S/C16H15N5OS2/c22-14(20-21-15(23)17-11-6-2-1-3-7-11)10-24-16-18-12-8-4-5-9-13(12)19-16/h1-9H,10H2,(H,18,19)(H,20,22)(H2,17,21,23). The number of thiocarbonyl (C=S) groups is 1. The Labute approximate surface area is 148 Å². The van der Waals surface area contributed by atoms with E-state index in [1.165, 1.54) is 11.8 Å². The topological polar surface area (TPSA) is 81.8 Å². The van der Waals surface area contributed by atoms with E-state index in [0.717, 1.165) is 16.7 Å². The van der Waals surface area contributed by atoms with E-state index in [-0.39, 0.29) is 11.7 Å². The lowest BCUT2D eigenvalue weighted by molar-refractivity contribution is -0.119. The van der Waals surface area contributed by atoms with Gasteiger partial charge in [-0.05, 0) is 36.5 Å². The normalized spacial score (nSPS) is 10.3. The molecule has 0 aliphatic heterocycles. The number of fused-ring (bicyclic) bond motifs is 1. The predicted octanol–water partition coefficient (Wildman–Crippen LogP) is 2.67. The van der Waals surface area contributed by atoms with Crippen LogP contribution in [0.25, 0.3) is 11.0 Å². The van der Waals surface area contributed by atoms with Crippen LogP contribution in [0.5, 0.6) is 0 Å². The zero-order chi connectivity index (χ0) is 16.8. The smallest absolute Gasteiger partial charge is 0.248 e. The number of aromatic amines is 1. The van der Waals surface area contributed by atoms with E-state index >= 15 is 0 Å². The number of anilines is 1. The number of aromatic nitrogens is 2. The SMILES string of the molecule is O=C(CSc1nc2ccccc2[nH]1)NNC(=S)Nc1ccccc1. The number of nitrogens with one attached hydrogen (secondary N) is 4. The van der Waals surface area contributed by atoms with Gasteiger partial charge in [0.1, 0.15) is 0 Å². The summed E-state index contributed by atoms with van der Waals surface area (Å²) >= 11 is 6.44. The minimum absolute atomic E-state index is 0.197. The molecule has 0 bridgehead atoms. The van der Waals surface area contributed by atoms with E-state index in [0.29, 0.717) is 10.3 Å². The minimum Gasteiger partial charge on any atom is -0.333 e. The number of rotatable bonds is 4. The van der Waals surface area contributed by atoms with Gasteiger partial charge < -0.3 is 10.3 Å². The van der Waals surface area contributed by atoms with Crippen LogP contribution >= 0.6 is 24.0 Å². The number of hydrogen-bond acceptors (Lipinski definition) is 4. The summed E-state index contributed by atoms with van der Waals surface area (Å²) in [5.41, 5.74) is 7.90. The Balaban J connectivity index is 1.43. The van der Waals surface area contributed by atoms with E-state index in [9.17, 15) is 4.79 Å². The summed E-state index contributed by atoms with van der Waals surface area (Å²) in [5, 5.41) is 4.00. The molecule has 0 aliphatic rings. The maximum atomic E-state index is 11.9. The highest BCUT2D eigenvalue weighted by Gasteiger charge is 2.07. The third-order valence-corrected chi connectivity index (χ3v) is 4.13. The average Bonchev–Trinajstić information content (AvgIpc) is 3.02. The van der Waals surface area contributed by atoms with Crippen molar-refractivity contribution in [1.82, 2.24) is 20.8 Å². The molecule has 0 unspecified atom stereocenters. The summed E-state index contributed by atoms with van der Waals surface area (Å²) in [6, 6.07) is 17.2. The molecule has 24 heavy (non-hydrogen) atoms. The number of nitrogens with zero attached hydrogens (tertiary/aromatic N) is 1. The van der Waals surface area contributed by atoms with Crippen LogP contribution in [0.2, 0.25) is 0 Å². The largest absolute Gasteiger partial charge is 0.333 e. The van der Waals surface area contributed by atoms with Crippen molar-refractivity contribution in [2.75, 3.05) is 11.1 Å². The molecule has 3 rings (SSSR count). The van der Waals surface area contributed by atoms with Gasteiger partial charge in [0.15, 0.2) is 10.3 Å². The Morgan fingerprint density at radius 2 is 1.83 bits per heavy atom. The summed E-state index contributed by atoms with van der Waals surface area (Å²) in [6.45, 7) is 0. The monoisotopic (exact) mass is 357 g/mol. The number of H-pyrrole nitrogens is 1. The molecule has 0 spiro atoms. The molecular weight excluding hydrogens is 342 g/mol. The number of hydrogen-bond donors (Lipinski definition) is 4. The number of carbonyl (C=O) groups excluding carboxylic acids is 1. The third kappa shape index (κ3) is 4.46. The van der Waals surface area contributed by atoms with Gasteiger partial charge in [-0.3, -0.25) is 15.6 Å². The van der Waals surface area contributed by atoms with E-state index < -0.39 is 0 Å². The molecular formula is C16H15N5OS2. The molecule has 0 aliphatic carbocycles. The first-order valence-corrected chi connectivity index (χ1v) is 8.58. The van der Waals surface area contributed by atoms with Crippen LogP contribution in [-0.4, -0.2) is 26.7 Å². The molecule has 3 aromatic rings. The lowest BCUT2D eigenvalue weighted by Gasteiger charge is -2.11. The van der Waals surface area contributed by atoms with Crippen LogP contribution in [-0.2, 0) is 4.79 Å². The fourth-order valence-electron chi connectivity index (χ4n) is 1.98. The highest BCUT2D eigenvalue weighted by molar-refractivity contribution is 7.99. The average molecular weight is 357 g/mol. The van der Waals surface area contributed by atoms with Gasteiger partial charge in [-0.1, -0.05) is 42.1 Å². The summed E-state index contributed by atoms with van der Waals surface area (Å²) in [4.78, 5) is 19.4. The first-order chi connectivity index (χ1) is 11.7. The second-order valence-corrected chi connectivity index (χ2v) is 6.21. The summed E-state index contributed by atoms with van der Waals surface area (Å²) in [7, 11) is 0. The zero-order valence-corrected chi connectivity index (χ0v) is 14.2. The summed E-state index contributed by atoms with van der Waals surface area (Å²) < 4.78 is 0. The maximum absolute atomic E-state index is 11.9. The van der Waals surface area contributed by atoms with Gasteiger partial charge >= 0.3 is 0 Å². The highest BCUT2D eigenvalue weighted by Crippen LogP contribution is 2.18. The fourth-order valence-corrected chi connectivity index (χ4v) is 2.83. The molecule has 0 saturated heterocycles. The number of para-hydroxylation sites is 3. The van der Waals surface area contributed by atoms with Gasteiger partial charge in [-0.15, -0.1) is 0 Å². The van der Waals surface area contributed by atoms with Gasteiger partial charge in [-0.2, -0.15) is 0 Å². The number of carbonyl (C=O) groups is 1. The van der Waals surface area contributed by atoms with Gasteiger partial charge in [0.05, 0.1) is 16.8 Å². The first-order valence-electron chi connectivity index (χ1n) is 7.19. The zero-order valence-electron chi connectivity index (χ0n) is 12.6. The molecule has 1 aromatic heterocycles. The Bertz CT molecular complexity index is 817. The van der Waals surface area contributed by atoms with Crippen molar-refractivity contribution in [3.05, 3.63) is 54.6 Å². The maximum Gasteiger partial charge on any atom is 0.248 e. The van der Waals surface area contributed by atoms with E-state index in [1.807, 2.05) is 54.6 Å². The van der Waals surface area contributed by atoms with E-state index in [1.54, 1.807) is 0 Å². The van der Waals surface area contributed by atoms with Crippen LogP contribution in [0, 0.1) is 0 Å². The Morgan fingerprint density at radius 3 is 2.62 bits per heavy atom. The first kappa shape index (κ1) is 16.3. The molecule has 0 saturated carbocycles. The Morgan fingerprint density at radius 1 is 1.08 bits per heavy atom. The number of imidazole rings is 1. The summed E-state index contributed by atoms with van der Waals surface area (Å²) in [6.07, 6.45) is 0. The quantitative estimate of drug-likeness (QED) is 0.327. The van der Waals surface area contributed by atoms with Gasteiger partial charge in [0.25, 0.3) is 0 Å². The van der Waals surface area contributed by atoms with Crippen molar-refractivity contribution in [3.8, 4) is 0 Å². The molecule has 2 aromatic carbocycles. The van der Waals surface area contributed by atoms with Crippen molar-refractivity contribution < 1.29 is 4.79 Å². The Kier molecular flexibility index (Phi) is 5.29. The van der Waals surface area contributed by atoms with Crippen molar-refractivity contribution in [2.45, 2.75) is 5.16 Å². The molecule has 122 valence electrons. The van der Waals surface area contributed by atoms with Gasteiger partial charge in [0, 0.05) is 5.69 Å². The predicted molar refractivity (Wildman–Crippen MR) is 101 cm³/mol. The van der Waals surface area contributed by atoms with Crippen LogP contribution < -0.4 is 16.2 Å². The second-order valence-electron chi connectivity index (χ2n) is 4.84. The molecule has 8 heteroatoms.